The number of hydrogen-bond acceptors (Lipinski definition) is 2. The summed E-state index contributed by atoms with van der Waals surface area (Å²) in [5, 5.41) is 0.649. The highest BCUT2D eigenvalue weighted by atomic mass is 35.5. The van der Waals surface area contributed by atoms with Crippen molar-refractivity contribution in [2.75, 3.05) is 0 Å². The fourth-order valence-electron chi connectivity index (χ4n) is 1.75. The van der Waals surface area contributed by atoms with Crippen molar-refractivity contribution in [3.05, 3.63) is 59.2 Å². The molecule has 4 N–H and O–H groups in total. The van der Waals surface area contributed by atoms with Crippen molar-refractivity contribution in [3.63, 3.8) is 0 Å². The van der Waals surface area contributed by atoms with Crippen molar-refractivity contribution >= 4 is 11.6 Å². The molecule has 0 aliphatic heterocycles. The largest absolute Gasteiger partial charge is 0.322 e. The molecule has 0 amide bonds. The molecule has 1 aliphatic rings. The first-order valence-corrected chi connectivity index (χ1v) is 5.18. The first kappa shape index (κ1) is 10.4. The van der Waals surface area contributed by atoms with Crippen molar-refractivity contribution in [1.29, 1.82) is 0 Å². The van der Waals surface area contributed by atoms with E-state index >= 15 is 0 Å². The first-order chi connectivity index (χ1) is 7.14. The van der Waals surface area contributed by atoms with Gasteiger partial charge in [-0.2, -0.15) is 0 Å². The molecule has 2 nitrogen and oxygen atoms in total. The molecule has 0 aromatic heterocycles. The predicted molar refractivity (Wildman–Crippen MR) is 63.6 cm³/mol. The number of benzene rings is 1. The van der Waals surface area contributed by atoms with Crippen molar-refractivity contribution in [2.45, 2.75) is 11.6 Å². The molecular weight excluding hydrogens is 208 g/mol. The Bertz CT molecular complexity index is 425. The van der Waals surface area contributed by atoms with Crippen molar-refractivity contribution < 1.29 is 0 Å². The van der Waals surface area contributed by atoms with Crippen molar-refractivity contribution in [3.8, 4) is 0 Å². The topological polar surface area (TPSA) is 52.0 Å². The molecule has 78 valence electrons. The molecule has 3 heteroatoms. The van der Waals surface area contributed by atoms with E-state index in [1.54, 1.807) is 0 Å². The molecule has 1 aromatic rings. The summed E-state index contributed by atoms with van der Waals surface area (Å²) in [6, 6.07) is 7.27. The highest BCUT2D eigenvalue weighted by Gasteiger charge is 2.33. The molecule has 2 unspecified atom stereocenters. The smallest absolute Gasteiger partial charge is 0.0803 e. The lowest BCUT2D eigenvalue weighted by atomic mass is 9.81. The van der Waals surface area contributed by atoms with E-state index in [1.165, 1.54) is 0 Å². The van der Waals surface area contributed by atoms with Crippen LogP contribution in [0.3, 0.4) is 0 Å². The van der Waals surface area contributed by atoms with E-state index in [4.69, 9.17) is 23.1 Å². The quantitative estimate of drug-likeness (QED) is 0.760. The maximum absolute atomic E-state index is 6.28. The van der Waals surface area contributed by atoms with E-state index in [-0.39, 0.29) is 6.04 Å². The lowest BCUT2D eigenvalue weighted by Crippen LogP contribution is -2.51. The molecule has 0 heterocycles. The van der Waals surface area contributed by atoms with Gasteiger partial charge in [0.1, 0.15) is 0 Å². The Morgan fingerprint density at radius 2 is 1.93 bits per heavy atom. The van der Waals surface area contributed by atoms with Gasteiger partial charge in [-0.3, -0.25) is 0 Å². The Balaban J connectivity index is 2.50. The van der Waals surface area contributed by atoms with Gasteiger partial charge in [-0.1, -0.05) is 54.1 Å². The summed E-state index contributed by atoms with van der Waals surface area (Å²) in [5.74, 6) is 0. The normalized spacial score (nSPS) is 29.4. The molecule has 0 radical (unpaired) electrons. The molecule has 1 aromatic carbocycles. The van der Waals surface area contributed by atoms with Gasteiger partial charge in [0.25, 0.3) is 0 Å². The molecule has 0 bridgehead atoms. The monoisotopic (exact) mass is 220 g/mol. The van der Waals surface area contributed by atoms with Crippen LogP contribution in [0.5, 0.6) is 0 Å². The molecule has 15 heavy (non-hydrogen) atoms. The standard InChI is InChI=1S/C12H13ClN2/c13-10-6-2-1-5-9(10)12(15)8-4-3-7-11(12)14/h1-8,11H,14-15H2. The Hall–Kier alpha value is -1.09. The minimum Gasteiger partial charge on any atom is -0.322 e. The van der Waals surface area contributed by atoms with Gasteiger partial charge < -0.3 is 11.5 Å². The Morgan fingerprint density at radius 3 is 2.60 bits per heavy atom. The summed E-state index contributed by atoms with van der Waals surface area (Å²) >= 11 is 6.12. The second-order valence-corrected chi connectivity index (χ2v) is 4.09. The fourth-order valence-corrected chi connectivity index (χ4v) is 2.05. The van der Waals surface area contributed by atoms with Crippen LogP contribution < -0.4 is 11.5 Å². The van der Waals surface area contributed by atoms with Crippen LogP contribution in [0, 0.1) is 0 Å². The number of hydrogen-bond donors (Lipinski definition) is 2. The Kier molecular flexibility index (Phi) is 2.65. The lowest BCUT2D eigenvalue weighted by Gasteiger charge is -2.33. The van der Waals surface area contributed by atoms with Gasteiger partial charge in [-0.05, 0) is 11.6 Å². The van der Waals surface area contributed by atoms with Crippen LogP contribution in [0.1, 0.15) is 5.56 Å². The third-order valence-electron chi connectivity index (χ3n) is 2.69. The number of halogens is 1. The van der Waals surface area contributed by atoms with Crippen LogP contribution in [0.15, 0.2) is 48.6 Å². The minimum atomic E-state index is -0.701. The average Bonchev–Trinajstić information content (AvgIpc) is 2.23. The summed E-state index contributed by atoms with van der Waals surface area (Å²) in [4.78, 5) is 0. The predicted octanol–water partition coefficient (Wildman–Crippen LogP) is 1.95. The maximum Gasteiger partial charge on any atom is 0.0803 e. The SMILES string of the molecule is NC1C=CC=CC1(N)c1ccccc1Cl. The fraction of sp³-hybridized carbons (Fsp3) is 0.167. The van der Waals surface area contributed by atoms with Gasteiger partial charge in [0.2, 0.25) is 0 Å². The van der Waals surface area contributed by atoms with Crippen LogP contribution in [0.2, 0.25) is 5.02 Å². The van der Waals surface area contributed by atoms with E-state index in [2.05, 4.69) is 0 Å². The second kappa shape index (κ2) is 3.81. The number of allylic oxidation sites excluding steroid dienone is 2. The molecule has 0 saturated heterocycles. The van der Waals surface area contributed by atoms with Crippen LogP contribution in [0.4, 0.5) is 0 Å². The summed E-state index contributed by atoms with van der Waals surface area (Å²) in [6.07, 6.45) is 7.56. The third-order valence-corrected chi connectivity index (χ3v) is 3.02. The second-order valence-electron chi connectivity index (χ2n) is 3.68. The molecule has 1 aliphatic carbocycles. The first-order valence-electron chi connectivity index (χ1n) is 4.80. The van der Waals surface area contributed by atoms with Crippen molar-refractivity contribution in [2.24, 2.45) is 11.5 Å². The van der Waals surface area contributed by atoms with E-state index in [1.807, 2.05) is 48.6 Å². The molecule has 2 rings (SSSR count). The van der Waals surface area contributed by atoms with Crippen LogP contribution in [-0.2, 0) is 5.54 Å². The molecule has 0 spiro atoms. The van der Waals surface area contributed by atoms with E-state index in [9.17, 15) is 0 Å². The highest BCUT2D eigenvalue weighted by molar-refractivity contribution is 6.31. The Morgan fingerprint density at radius 1 is 1.20 bits per heavy atom. The molecule has 0 saturated carbocycles. The zero-order valence-electron chi connectivity index (χ0n) is 8.23. The van der Waals surface area contributed by atoms with E-state index < -0.39 is 5.54 Å². The van der Waals surface area contributed by atoms with Gasteiger partial charge in [-0.25, -0.2) is 0 Å². The van der Waals surface area contributed by atoms with E-state index in [0.717, 1.165) is 5.56 Å². The summed E-state index contributed by atoms with van der Waals surface area (Å²) in [5.41, 5.74) is 12.4. The highest BCUT2D eigenvalue weighted by Crippen LogP contribution is 2.31. The third kappa shape index (κ3) is 1.72. The zero-order chi connectivity index (χ0) is 10.9. The number of rotatable bonds is 1. The molecule has 2 atom stereocenters. The Labute approximate surface area is 94.2 Å². The lowest BCUT2D eigenvalue weighted by molar-refractivity contribution is 0.492. The van der Waals surface area contributed by atoms with Crippen LogP contribution in [-0.4, -0.2) is 6.04 Å². The van der Waals surface area contributed by atoms with Gasteiger partial charge in [-0.15, -0.1) is 0 Å². The molecular formula is C12H13ClN2. The van der Waals surface area contributed by atoms with E-state index in [0.29, 0.717) is 5.02 Å². The van der Waals surface area contributed by atoms with Crippen LogP contribution >= 0.6 is 11.6 Å². The van der Waals surface area contributed by atoms with Gasteiger partial charge in [0.05, 0.1) is 5.54 Å². The zero-order valence-corrected chi connectivity index (χ0v) is 8.98. The van der Waals surface area contributed by atoms with Crippen LogP contribution in [0.25, 0.3) is 0 Å². The molecule has 0 fully saturated rings. The summed E-state index contributed by atoms with van der Waals surface area (Å²) in [7, 11) is 0. The van der Waals surface area contributed by atoms with Gasteiger partial charge in [0, 0.05) is 11.1 Å². The van der Waals surface area contributed by atoms with Crippen molar-refractivity contribution in [1.82, 2.24) is 0 Å². The minimum absolute atomic E-state index is 0.248. The average molecular weight is 221 g/mol. The summed E-state index contributed by atoms with van der Waals surface area (Å²) in [6.45, 7) is 0. The van der Waals surface area contributed by atoms with Gasteiger partial charge >= 0.3 is 0 Å². The maximum atomic E-state index is 6.28. The number of nitrogens with two attached hydrogens (primary N) is 2. The van der Waals surface area contributed by atoms with Gasteiger partial charge in [0.15, 0.2) is 0 Å². The summed E-state index contributed by atoms with van der Waals surface area (Å²) < 4.78 is 0.